The van der Waals surface area contributed by atoms with E-state index in [1.807, 2.05) is 12.2 Å². The third-order valence-corrected chi connectivity index (χ3v) is 4.58. The second-order valence-corrected chi connectivity index (χ2v) is 7.33. The molecule has 0 saturated carbocycles. The molecule has 5 heteroatoms. The Hall–Kier alpha value is -2.17. The van der Waals surface area contributed by atoms with E-state index < -0.39 is 23.4 Å². The normalized spacial score (nSPS) is 17.2. The maximum atomic E-state index is 12.8. The quantitative estimate of drug-likeness (QED) is 0.483. The van der Waals surface area contributed by atoms with E-state index in [1.54, 1.807) is 46.8 Å². The predicted molar refractivity (Wildman–Crippen MR) is 100 cm³/mol. The Kier molecular flexibility index (Phi) is 8.00. The molecule has 1 aliphatic carbocycles. The number of Topliss-reactive ketones (excluding diaryl/α,β-unsaturated/α-hetero) is 1. The van der Waals surface area contributed by atoms with Gasteiger partial charge in [-0.2, -0.15) is 0 Å². The van der Waals surface area contributed by atoms with Crippen LogP contribution in [-0.2, 0) is 23.9 Å². The minimum Gasteiger partial charge on any atom is -0.469 e. The maximum Gasteiger partial charge on any atom is 0.311 e. The molecular formula is C21H30O5. The van der Waals surface area contributed by atoms with Gasteiger partial charge in [0.05, 0.1) is 18.4 Å². The summed E-state index contributed by atoms with van der Waals surface area (Å²) in [5.74, 6) is -1.64. The van der Waals surface area contributed by atoms with E-state index in [9.17, 15) is 14.4 Å². The molecule has 0 heterocycles. The lowest BCUT2D eigenvalue weighted by Crippen LogP contribution is -2.35. The average molecular weight is 362 g/mol. The van der Waals surface area contributed by atoms with Gasteiger partial charge in [-0.15, -0.1) is 0 Å². The molecule has 2 unspecified atom stereocenters. The van der Waals surface area contributed by atoms with E-state index in [0.717, 1.165) is 12.8 Å². The summed E-state index contributed by atoms with van der Waals surface area (Å²) in [6.45, 7) is 8.71. The van der Waals surface area contributed by atoms with E-state index >= 15 is 0 Å². The molecule has 0 fully saturated rings. The van der Waals surface area contributed by atoms with Crippen LogP contribution in [0.4, 0.5) is 0 Å². The fourth-order valence-electron chi connectivity index (χ4n) is 2.89. The SMILES string of the molecule is C/C=C(\C)C(OC(=O)C(C)CC(C)(C)C(=O)OC)C(=O)C1=CCCC=C1. The molecule has 1 aliphatic rings. The van der Waals surface area contributed by atoms with Crippen LogP contribution in [0.25, 0.3) is 0 Å². The van der Waals surface area contributed by atoms with Gasteiger partial charge in [0.25, 0.3) is 0 Å². The summed E-state index contributed by atoms with van der Waals surface area (Å²) in [6.07, 6.45) is 8.40. The van der Waals surface area contributed by atoms with Crippen molar-refractivity contribution in [2.24, 2.45) is 11.3 Å². The topological polar surface area (TPSA) is 69.7 Å². The van der Waals surface area contributed by atoms with Gasteiger partial charge in [-0.3, -0.25) is 14.4 Å². The van der Waals surface area contributed by atoms with Crippen LogP contribution in [0, 0.1) is 11.3 Å². The summed E-state index contributed by atoms with van der Waals surface area (Å²) in [6, 6.07) is 0. The first-order chi connectivity index (χ1) is 12.1. The fourth-order valence-corrected chi connectivity index (χ4v) is 2.89. The van der Waals surface area contributed by atoms with Gasteiger partial charge in [0.1, 0.15) is 0 Å². The number of carbonyl (C=O) groups is 3. The number of esters is 2. The number of hydrogen-bond donors (Lipinski definition) is 0. The third kappa shape index (κ3) is 5.68. The van der Waals surface area contributed by atoms with E-state index in [-0.39, 0.29) is 18.2 Å². The van der Waals surface area contributed by atoms with E-state index in [2.05, 4.69) is 0 Å². The molecule has 0 spiro atoms. The largest absolute Gasteiger partial charge is 0.469 e. The van der Waals surface area contributed by atoms with Crippen molar-refractivity contribution >= 4 is 17.7 Å². The first-order valence-electron chi connectivity index (χ1n) is 8.96. The lowest BCUT2D eigenvalue weighted by Gasteiger charge is -2.26. The standard InChI is InChI=1S/C21H30O5/c1-7-14(2)18(17(22)16-11-9-8-10-12-16)26-19(23)15(3)13-21(4,5)20(24)25-6/h7,9,11-12,15,18H,8,10,13H2,1-6H3/b14-7+. The summed E-state index contributed by atoms with van der Waals surface area (Å²) >= 11 is 0. The monoisotopic (exact) mass is 362 g/mol. The van der Waals surface area contributed by atoms with Gasteiger partial charge in [0.15, 0.2) is 6.10 Å². The molecule has 0 bridgehead atoms. The summed E-state index contributed by atoms with van der Waals surface area (Å²) in [5, 5.41) is 0. The molecule has 144 valence electrons. The zero-order valence-corrected chi connectivity index (χ0v) is 16.6. The van der Waals surface area contributed by atoms with Crippen LogP contribution in [0.2, 0.25) is 0 Å². The summed E-state index contributed by atoms with van der Waals surface area (Å²) in [4.78, 5) is 37.2. The Balaban J connectivity index is 2.89. The molecule has 0 N–H and O–H groups in total. The van der Waals surface area contributed by atoms with Gasteiger partial charge in [0, 0.05) is 5.57 Å². The van der Waals surface area contributed by atoms with Gasteiger partial charge in [-0.1, -0.05) is 31.2 Å². The van der Waals surface area contributed by atoms with Crippen LogP contribution < -0.4 is 0 Å². The average Bonchev–Trinajstić information content (AvgIpc) is 2.64. The Morgan fingerprint density at radius 1 is 1.27 bits per heavy atom. The molecule has 0 aromatic carbocycles. The van der Waals surface area contributed by atoms with Gasteiger partial charge in [-0.25, -0.2) is 0 Å². The highest BCUT2D eigenvalue weighted by Gasteiger charge is 2.35. The number of hydrogen-bond acceptors (Lipinski definition) is 5. The number of ketones is 1. The first kappa shape index (κ1) is 21.9. The molecule has 0 saturated heterocycles. The lowest BCUT2D eigenvalue weighted by atomic mass is 9.83. The molecule has 0 amide bonds. The molecule has 2 atom stereocenters. The predicted octanol–water partition coefficient (Wildman–Crippen LogP) is 3.94. The zero-order valence-electron chi connectivity index (χ0n) is 16.6. The number of rotatable bonds is 8. The molecule has 26 heavy (non-hydrogen) atoms. The molecule has 0 aromatic rings. The highest BCUT2D eigenvalue weighted by molar-refractivity contribution is 6.04. The van der Waals surface area contributed by atoms with Crippen molar-refractivity contribution in [2.45, 2.75) is 60.0 Å². The van der Waals surface area contributed by atoms with Crippen molar-refractivity contribution in [1.29, 1.82) is 0 Å². The van der Waals surface area contributed by atoms with Crippen LogP contribution in [0.1, 0.15) is 53.9 Å². The Bertz CT molecular complexity index is 637. The van der Waals surface area contributed by atoms with Crippen LogP contribution in [-0.4, -0.2) is 30.9 Å². The smallest absolute Gasteiger partial charge is 0.311 e. The molecule has 0 aliphatic heterocycles. The van der Waals surface area contributed by atoms with E-state index in [0.29, 0.717) is 11.1 Å². The van der Waals surface area contributed by atoms with Crippen LogP contribution in [0.3, 0.4) is 0 Å². The lowest BCUT2D eigenvalue weighted by molar-refractivity contribution is -0.159. The van der Waals surface area contributed by atoms with Gasteiger partial charge < -0.3 is 9.47 Å². The van der Waals surface area contributed by atoms with E-state index in [4.69, 9.17) is 9.47 Å². The summed E-state index contributed by atoms with van der Waals surface area (Å²) in [5.41, 5.74) is 0.442. The first-order valence-corrected chi connectivity index (χ1v) is 8.96. The maximum absolute atomic E-state index is 12.8. The molecule has 0 radical (unpaired) electrons. The third-order valence-electron chi connectivity index (χ3n) is 4.58. The Morgan fingerprint density at radius 2 is 1.92 bits per heavy atom. The van der Waals surface area contributed by atoms with E-state index in [1.165, 1.54) is 7.11 Å². The van der Waals surface area contributed by atoms with Crippen molar-refractivity contribution < 1.29 is 23.9 Å². The fraction of sp³-hybridized carbons (Fsp3) is 0.571. The zero-order chi connectivity index (χ0) is 19.9. The van der Waals surface area contributed by atoms with Crippen molar-refractivity contribution in [3.63, 3.8) is 0 Å². The second-order valence-electron chi connectivity index (χ2n) is 7.33. The number of ether oxygens (including phenoxy) is 2. The van der Waals surface area contributed by atoms with Crippen molar-refractivity contribution in [1.82, 2.24) is 0 Å². The minimum atomic E-state index is -0.940. The molecule has 0 aromatic heterocycles. The Morgan fingerprint density at radius 3 is 2.42 bits per heavy atom. The van der Waals surface area contributed by atoms with Gasteiger partial charge in [0.2, 0.25) is 5.78 Å². The number of allylic oxidation sites excluding steroid dienone is 4. The number of carbonyl (C=O) groups excluding carboxylic acids is 3. The molecule has 1 rings (SSSR count). The summed E-state index contributed by atoms with van der Waals surface area (Å²) in [7, 11) is 1.32. The van der Waals surface area contributed by atoms with Crippen LogP contribution in [0.5, 0.6) is 0 Å². The molecular weight excluding hydrogens is 332 g/mol. The second kappa shape index (κ2) is 9.51. The highest BCUT2D eigenvalue weighted by atomic mass is 16.5. The highest BCUT2D eigenvalue weighted by Crippen LogP contribution is 2.28. The minimum absolute atomic E-state index is 0.218. The van der Waals surface area contributed by atoms with Crippen molar-refractivity contribution in [3.8, 4) is 0 Å². The summed E-state index contributed by atoms with van der Waals surface area (Å²) < 4.78 is 10.3. The van der Waals surface area contributed by atoms with Crippen LogP contribution in [0.15, 0.2) is 35.5 Å². The molecule has 5 nitrogen and oxygen atoms in total. The van der Waals surface area contributed by atoms with Crippen molar-refractivity contribution in [3.05, 3.63) is 35.5 Å². The van der Waals surface area contributed by atoms with Crippen molar-refractivity contribution in [2.75, 3.05) is 7.11 Å². The van der Waals surface area contributed by atoms with Gasteiger partial charge >= 0.3 is 11.9 Å². The van der Waals surface area contributed by atoms with Gasteiger partial charge in [-0.05, 0) is 52.5 Å². The number of methoxy groups -OCH3 is 1. The Labute approximate surface area is 156 Å². The van der Waals surface area contributed by atoms with Crippen LogP contribution >= 0.6 is 0 Å².